The molecule has 3 heterocycles. The molecule has 1 aromatic rings. The van der Waals surface area contributed by atoms with Crippen LogP contribution in [0.3, 0.4) is 0 Å². The highest BCUT2D eigenvalue weighted by molar-refractivity contribution is 9.10. The standard InChI is InChI=1S/C15H22BrN3/c1-12-3-2-6-19(12)14-4-7-18(8-5-14)15-9-13(16)10-17-11-15/h9-12,14H,2-8H2,1H3. The van der Waals surface area contributed by atoms with Crippen LogP contribution in [0, 0.1) is 0 Å². The predicted octanol–water partition coefficient (Wildman–Crippen LogP) is 3.30. The maximum absolute atomic E-state index is 4.27. The number of likely N-dealkylation sites (tertiary alicyclic amines) is 1. The van der Waals surface area contributed by atoms with Crippen molar-refractivity contribution < 1.29 is 0 Å². The summed E-state index contributed by atoms with van der Waals surface area (Å²) in [5.74, 6) is 0. The summed E-state index contributed by atoms with van der Waals surface area (Å²) in [6.07, 6.45) is 9.17. The minimum absolute atomic E-state index is 0.795. The minimum atomic E-state index is 0.795. The number of halogens is 1. The number of anilines is 1. The van der Waals surface area contributed by atoms with E-state index in [0.717, 1.165) is 29.6 Å². The van der Waals surface area contributed by atoms with Gasteiger partial charge in [-0.05, 0) is 61.1 Å². The van der Waals surface area contributed by atoms with E-state index in [2.05, 4.69) is 43.7 Å². The van der Waals surface area contributed by atoms with Crippen LogP contribution in [0.2, 0.25) is 0 Å². The zero-order valence-electron chi connectivity index (χ0n) is 11.6. The molecule has 2 saturated heterocycles. The highest BCUT2D eigenvalue weighted by atomic mass is 79.9. The molecule has 3 rings (SSSR count). The number of piperidine rings is 1. The predicted molar refractivity (Wildman–Crippen MR) is 82.6 cm³/mol. The lowest BCUT2D eigenvalue weighted by Gasteiger charge is -2.39. The van der Waals surface area contributed by atoms with Crippen LogP contribution in [0.5, 0.6) is 0 Å². The van der Waals surface area contributed by atoms with Gasteiger partial charge in [0.15, 0.2) is 0 Å². The lowest BCUT2D eigenvalue weighted by Crippen LogP contribution is -2.46. The molecule has 2 aliphatic rings. The van der Waals surface area contributed by atoms with Crippen molar-refractivity contribution in [1.29, 1.82) is 0 Å². The Hall–Kier alpha value is -0.610. The van der Waals surface area contributed by atoms with Crippen molar-refractivity contribution in [3.8, 4) is 0 Å². The third kappa shape index (κ3) is 2.95. The van der Waals surface area contributed by atoms with E-state index < -0.39 is 0 Å². The van der Waals surface area contributed by atoms with Crippen LogP contribution >= 0.6 is 15.9 Å². The Morgan fingerprint density at radius 3 is 2.58 bits per heavy atom. The maximum Gasteiger partial charge on any atom is 0.0564 e. The molecule has 0 bridgehead atoms. The Labute approximate surface area is 124 Å². The summed E-state index contributed by atoms with van der Waals surface area (Å²) < 4.78 is 1.07. The molecule has 0 saturated carbocycles. The minimum Gasteiger partial charge on any atom is -0.370 e. The first-order chi connectivity index (χ1) is 9.24. The Morgan fingerprint density at radius 2 is 1.95 bits per heavy atom. The molecule has 1 aromatic heterocycles. The zero-order valence-corrected chi connectivity index (χ0v) is 13.1. The lowest BCUT2D eigenvalue weighted by molar-refractivity contribution is 0.163. The Kier molecular flexibility index (Phi) is 4.08. The van der Waals surface area contributed by atoms with E-state index >= 15 is 0 Å². The van der Waals surface area contributed by atoms with E-state index in [-0.39, 0.29) is 0 Å². The zero-order chi connectivity index (χ0) is 13.2. The second-order valence-corrected chi connectivity index (χ2v) is 6.72. The van der Waals surface area contributed by atoms with E-state index in [1.807, 2.05) is 12.4 Å². The molecule has 0 N–H and O–H groups in total. The Bertz CT molecular complexity index is 429. The van der Waals surface area contributed by atoms with Crippen molar-refractivity contribution in [2.45, 2.75) is 44.7 Å². The third-order valence-corrected chi connectivity index (χ3v) is 5.03. The van der Waals surface area contributed by atoms with Crippen molar-refractivity contribution >= 4 is 21.6 Å². The highest BCUT2D eigenvalue weighted by Gasteiger charge is 2.30. The summed E-state index contributed by atoms with van der Waals surface area (Å²) in [7, 11) is 0. The average Bonchev–Trinajstić information content (AvgIpc) is 2.85. The number of rotatable bonds is 2. The van der Waals surface area contributed by atoms with Crippen molar-refractivity contribution in [3.05, 3.63) is 22.9 Å². The SMILES string of the molecule is CC1CCCN1C1CCN(c2cncc(Br)c2)CC1. The van der Waals surface area contributed by atoms with Gasteiger partial charge in [-0.3, -0.25) is 9.88 Å². The molecule has 1 unspecified atom stereocenters. The van der Waals surface area contributed by atoms with Gasteiger partial charge in [0, 0.05) is 35.8 Å². The molecule has 1 atom stereocenters. The van der Waals surface area contributed by atoms with Gasteiger partial charge in [-0.1, -0.05) is 0 Å². The van der Waals surface area contributed by atoms with Gasteiger partial charge in [0.2, 0.25) is 0 Å². The van der Waals surface area contributed by atoms with Gasteiger partial charge in [-0.15, -0.1) is 0 Å². The molecule has 0 radical (unpaired) electrons. The van der Waals surface area contributed by atoms with Crippen molar-refractivity contribution in [1.82, 2.24) is 9.88 Å². The summed E-state index contributed by atoms with van der Waals surface area (Å²) >= 11 is 3.50. The molecule has 2 aliphatic heterocycles. The van der Waals surface area contributed by atoms with Gasteiger partial charge in [-0.2, -0.15) is 0 Å². The molecule has 19 heavy (non-hydrogen) atoms. The summed E-state index contributed by atoms with van der Waals surface area (Å²) in [4.78, 5) is 9.47. The fraction of sp³-hybridized carbons (Fsp3) is 0.667. The van der Waals surface area contributed by atoms with Crippen molar-refractivity contribution in [2.24, 2.45) is 0 Å². The maximum atomic E-state index is 4.27. The molecule has 0 amide bonds. The molecular weight excluding hydrogens is 302 g/mol. The van der Waals surface area contributed by atoms with E-state index in [4.69, 9.17) is 0 Å². The second-order valence-electron chi connectivity index (χ2n) is 5.81. The van der Waals surface area contributed by atoms with Gasteiger partial charge >= 0.3 is 0 Å². The molecule has 104 valence electrons. The van der Waals surface area contributed by atoms with E-state index in [1.54, 1.807) is 0 Å². The summed E-state index contributed by atoms with van der Waals surface area (Å²) in [5, 5.41) is 0. The monoisotopic (exact) mass is 323 g/mol. The van der Waals surface area contributed by atoms with Gasteiger partial charge in [0.1, 0.15) is 0 Å². The molecule has 0 spiro atoms. The average molecular weight is 324 g/mol. The molecule has 0 aromatic carbocycles. The fourth-order valence-corrected chi connectivity index (χ4v) is 3.88. The van der Waals surface area contributed by atoms with Gasteiger partial charge in [0.25, 0.3) is 0 Å². The number of hydrogen-bond donors (Lipinski definition) is 0. The Morgan fingerprint density at radius 1 is 1.16 bits per heavy atom. The lowest BCUT2D eigenvalue weighted by atomic mass is 10.0. The first kappa shape index (κ1) is 13.4. The van der Waals surface area contributed by atoms with Gasteiger partial charge in [-0.25, -0.2) is 0 Å². The summed E-state index contributed by atoms with van der Waals surface area (Å²) in [6, 6.07) is 3.77. The van der Waals surface area contributed by atoms with Crippen LogP contribution in [-0.4, -0.2) is 41.6 Å². The van der Waals surface area contributed by atoms with Gasteiger partial charge in [0.05, 0.1) is 11.9 Å². The van der Waals surface area contributed by atoms with Crippen molar-refractivity contribution in [3.63, 3.8) is 0 Å². The topological polar surface area (TPSA) is 19.4 Å². The number of hydrogen-bond acceptors (Lipinski definition) is 3. The second kappa shape index (κ2) is 5.80. The molecular formula is C15H22BrN3. The summed E-state index contributed by atoms with van der Waals surface area (Å²) in [5.41, 5.74) is 1.25. The fourth-order valence-electron chi connectivity index (χ4n) is 3.53. The summed E-state index contributed by atoms with van der Waals surface area (Å²) in [6.45, 7) is 6.01. The van der Waals surface area contributed by atoms with Crippen LogP contribution < -0.4 is 4.90 Å². The molecule has 3 nitrogen and oxygen atoms in total. The van der Waals surface area contributed by atoms with Crippen LogP contribution in [0.1, 0.15) is 32.6 Å². The quantitative estimate of drug-likeness (QED) is 0.832. The van der Waals surface area contributed by atoms with Crippen LogP contribution in [-0.2, 0) is 0 Å². The van der Waals surface area contributed by atoms with Crippen LogP contribution in [0.4, 0.5) is 5.69 Å². The largest absolute Gasteiger partial charge is 0.370 e. The third-order valence-electron chi connectivity index (χ3n) is 4.59. The first-order valence-electron chi connectivity index (χ1n) is 7.35. The molecule has 0 aliphatic carbocycles. The van der Waals surface area contributed by atoms with E-state index in [1.165, 1.54) is 37.9 Å². The first-order valence-corrected chi connectivity index (χ1v) is 8.14. The van der Waals surface area contributed by atoms with Crippen LogP contribution in [0.25, 0.3) is 0 Å². The highest BCUT2D eigenvalue weighted by Crippen LogP contribution is 2.28. The van der Waals surface area contributed by atoms with Crippen molar-refractivity contribution in [2.75, 3.05) is 24.5 Å². The molecule has 2 fully saturated rings. The van der Waals surface area contributed by atoms with E-state index in [9.17, 15) is 0 Å². The smallest absolute Gasteiger partial charge is 0.0564 e. The number of aromatic nitrogens is 1. The van der Waals surface area contributed by atoms with E-state index in [0.29, 0.717) is 0 Å². The molecule has 4 heteroatoms. The van der Waals surface area contributed by atoms with Gasteiger partial charge < -0.3 is 4.90 Å². The Balaban J connectivity index is 1.60. The number of nitrogens with zero attached hydrogens (tertiary/aromatic N) is 3. The van der Waals surface area contributed by atoms with Crippen LogP contribution in [0.15, 0.2) is 22.9 Å². The normalized spacial score (nSPS) is 26.0. The number of pyridine rings is 1.